The van der Waals surface area contributed by atoms with Crippen LogP contribution < -0.4 is 0 Å². The van der Waals surface area contributed by atoms with E-state index in [2.05, 4.69) is 0 Å². The molecule has 0 aromatic rings. The van der Waals surface area contributed by atoms with E-state index >= 15 is 0 Å². The molecule has 91 valence electrons. The Morgan fingerprint density at radius 1 is 1.38 bits per heavy atom. The SMILES string of the molecule is CC(C)(C)OC1[CH-][C@@H](O)[C@@H](O)[C@@H](C=O)O1.[Y]. The van der Waals surface area contributed by atoms with Gasteiger partial charge in [0, 0.05) is 39.0 Å². The first-order valence-electron chi connectivity index (χ1n) is 4.83. The van der Waals surface area contributed by atoms with Gasteiger partial charge >= 0.3 is 0 Å². The average molecular weight is 306 g/mol. The van der Waals surface area contributed by atoms with Crippen molar-refractivity contribution in [1.29, 1.82) is 0 Å². The maximum atomic E-state index is 10.6. The molecule has 0 aromatic carbocycles. The summed E-state index contributed by atoms with van der Waals surface area (Å²) in [6.45, 7) is 5.49. The minimum atomic E-state index is -1.22. The minimum absolute atomic E-state index is 0. The summed E-state index contributed by atoms with van der Waals surface area (Å²) < 4.78 is 10.6. The van der Waals surface area contributed by atoms with Crippen LogP contribution in [0.1, 0.15) is 20.8 Å². The van der Waals surface area contributed by atoms with Crippen molar-refractivity contribution in [3.05, 3.63) is 6.42 Å². The second-order valence-electron chi connectivity index (χ2n) is 4.51. The zero-order chi connectivity index (χ0) is 11.6. The van der Waals surface area contributed by atoms with Gasteiger partial charge in [-0.1, -0.05) is 0 Å². The summed E-state index contributed by atoms with van der Waals surface area (Å²) in [7, 11) is 0. The number of hydrogen-bond acceptors (Lipinski definition) is 5. The van der Waals surface area contributed by atoms with E-state index in [4.69, 9.17) is 9.47 Å². The molecule has 0 aliphatic carbocycles. The molecule has 6 heteroatoms. The number of aliphatic hydroxyl groups is 2. The van der Waals surface area contributed by atoms with Crippen LogP contribution in [-0.2, 0) is 47.0 Å². The van der Waals surface area contributed by atoms with Gasteiger partial charge in [0.2, 0.25) is 0 Å². The summed E-state index contributed by atoms with van der Waals surface area (Å²) in [4.78, 5) is 10.6. The van der Waals surface area contributed by atoms with Crippen molar-refractivity contribution in [3.8, 4) is 0 Å². The molecule has 1 aliphatic heterocycles. The van der Waals surface area contributed by atoms with Gasteiger partial charge in [-0.15, -0.1) is 0 Å². The zero-order valence-electron chi connectivity index (χ0n) is 9.66. The Balaban J connectivity index is 0.00000225. The van der Waals surface area contributed by atoms with Crippen molar-refractivity contribution >= 4 is 6.29 Å². The molecule has 0 bridgehead atoms. The number of hydrogen-bond donors (Lipinski definition) is 2. The zero-order valence-corrected chi connectivity index (χ0v) is 12.5. The van der Waals surface area contributed by atoms with E-state index in [1.54, 1.807) is 0 Å². The van der Waals surface area contributed by atoms with Crippen LogP contribution in [0.25, 0.3) is 0 Å². The van der Waals surface area contributed by atoms with Crippen molar-refractivity contribution in [3.63, 3.8) is 0 Å². The third kappa shape index (κ3) is 4.86. The molecule has 1 unspecified atom stereocenters. The fraction of sp³-hybridized carbons (Fsp3) is 0.800. The largest absolute Gasteiger partial charge is 0.422 e. The fourth-order valence-corrected chi connectivity index (χ4v) is 1.28. The standard InChI is InChI=1S/C10H17O5.Y/c1-10(2,3)15-8-4-6(12)9(13)7(5-11)14-8;/h4-9,12-13H,1-3H3;/q-1;/t6-,7-,8?,9-;/m1./s1. The van der Waals surface area contributed by atoms with Gasteiger partial charge in [-0.2, -0.15) is 0 Å². The number of carbonyl (C=O) groups excluding carboxylic acids is 1. The summed E-state index contributed by atoms with van der Waals surface area (Å²) in [5, 5.41) is 18.8. The minimum Gasteiger partial charge on any atom is -0.422 e. The van der Waals surface area contributed by atoms with Crippen molar-refractivity contribution in [2.45, 2.75) is 51.0 Å². The first kappa shape index (κ1) is 16.6. The Bertz CT molecular complexity index is 228. The molecule has 0 amide bonds. The summed E-state index contributed by atoms with van der Waals surface area (Å²) in [5.74, 6) is 0. The number of carbonyl (C=O) groups is 1. The van der Waals surface area contributed by atoms with Gasteiger partial charge < -0.3 is 24.5 Å². The average Bonchev–Trinajstić information content (AvgIpc) is 2.08. The van der Waals surface area contributed by atoms with Crippen molar-refractivity contribution < 1.29 is 57.2 Å². The van der Waals surface area contributed by atoms with Crippen LogP contribution in [0.3, 0.4) is 0 Å². The molecule has 1 aliphatic rings. The van der Waals surface area contributed by atoms with Crippen LogP contribution in [0.15, 0.2) is 0 Å². The van der Waals surface area contributed by atoms with Crippen LogP contribution in [0, 0.1) is 6.42 Å². The Morgan fingerprint density at radius 2 is 1.94 bits per heavy atom. The smallest absolute Gasteiger partial charge is 0.151 e. The molecule has 16 heavy (non-hydrogen) atoms. The van der Waals surface area contributed by atoms with Crippen molar-refractivity contribution in [2.75, 3.05) is 0 Å². The Labute approximate surface area is 120 Å². The maximum Gasteiger partial charge on any atom is 0.151 e. The van der Waals surface area contributed by atoms with Gasteiger partial charge in [-0.05, 0) is 26.9 Å². The van der Waals surface area contributed by atoms with Gasteiger partial charge in [0.15, 0.2) is 6.29 Å². The maximum absolute atomic E-state index is 10.6. The Hall–Kier alpha value is 0.614. The third-order valence-electron chi connectivity index (χ3n) is 1.94. The molecule has 0 aromatic heterocycles. The van der Waals surface area contributed by atoms with Crippen LogP contribution in [0.2, 0.25) is 0 Å². The van der Waals surface area contributed by atoms with Crippen LogP contribution in [-0.4, -0.2) is 46.7 Å². The van der Waals surface area contributed by atoms with E-state index in [-0.39, 0.29) is 32.7 Å². The summed E-state index contributed by atoms with van der Waals surface area (Å²) in [6, 6.07) is 0. The number of aliphatic hydroxyl groups excluding tert-OH is 2. The summed E-state index contributed by atoms with van der Waals surface area (Å²) in [6.07, 6.45) is -2.37. The summed E-state index contributed by atoms with van der Waals surface area (Å²) in [5.41, 5.74) is -0.448. The molecule has 1 heterocycles. The van der Waals surface area contributed by atoms with Crippen LogP contribution >= 0.6 is 0 Å². The molecule has 5 nitrogen and oxygen atoms in total. The molecule has 4 atom stereocenters. The van der Waals surface area contributed by atoms with E-state index in [0.29, 0.717) is 6.29 Å². The van der Waals surface area contributed by atoms with Crippen molar-refractivity contribution in [2.24, 2.45) is 0 Å². The van der Waals surface area contributed by atoms with Gasteiger partial charge in [0.05, 0.1) is 11.7 Å². The van der Waals surface area contributed by atoms with E-state index in [9.17, 15) is 15.0 Å². The molecule has 0 spiro atoms. The second kappa shape index (κ2) is 6.52. The summed E-state index contributed by atoms with van der Waals surface area (Å²) >= 11 is 0. The Morgan fingerprint density at radius 3 is 2.38 bits per heavy atom. The van der Waals surface area contributed by atoms with Crippen LogP contribution in [0.5, 0.6) is 0 Å². The number of ether oxygens (including phenoxy) is 2. The first-order valence-corrected chi connectivity index (χ1v) is 4.83. The Kier molecular flexibility index (Phi) is 6.77. The van der Waals surface area contributed by atoms with Crippen molar-refractivity contribution in [1.82, 2.24) is 0 Å². The monoisotopic (exact) mass is 306 g/mol. The molecule has 2 N–H and O–H groups in total. The van der Waals surface area contributed by atoms with Crippen LogP contribution in [0.4, 0.5) is 0 Å². The van der Waals surface area contributed by atoms with E-state index in [1.165, 1.54) is 6.42 Å². The number of aldehydes is 1. The quantitative estimate of drug-likeness (QED) is 0.539. The normalized spacial score (nSPS) is 35.3. The van der Waals surface area contributed by atoms with Gasteiger partial charge in [-0.25, -0.2) is 6.42 Å². The second-order valence-corrected chi connectivity index (χ2v) is 4.51. The molecular weight excluding hydrogens is 289 g/mol. The third-order valence-corrected chi connectivity index (χ3v) is 1.94. The topological polar surface area (TPSA) is 76.0 Å². The predicted octanol–water partition coefficient (Wildman–Crippen LogP) is -0.351. The van der Waals surface area contributed by atoms with E-state index < -0.39 is 30.2 Å². The van der Waals surface area contributed by atoms with Gasteiger partial charge in [-0.3, -0.25) is 0 Å². The van der Waals surface area contributed by atoms with Gasteiger partial charge in [0.1, 0.15) is 6.10 Å². The van der Waals surface area contributed by atoms with E-state index in [0.717, 1.165) is 0 Å². The number of rotatable bonds is 2. The molecule has 1 rings (SSSR count). The predicted molar refractivity (Wildman–Crippen MR) is 51.9 cm³/mol. The first-order chi connectivity index (χ1) is 6.83. The molecule has 1 radical (unpaired) electrons. The fourth-order valence-electron chi connectivity index (χ4n) is 1.28. The molecule has 1 fully saturated rings. The molecule has 1 saturated heterocycles. The van der Waals surface area contributed by atoms with E-state index in [1.807, 2.05) is 20.8 Å². The molecular formula is C10H17O5Y-. The molecule has 0 saturated carbocycles. The van der Waals surface area contributed by atoms with Gasteiger partial charge in [0.25, 0.3) is 0 Å².